The number of carbonyl (C=O) groups is 1. The normalized spacial score (nSPS) is 13.2. The van der Waals surface area contributed by atoms with Crippen LogP contribution in [0.4, 0.5) is 4.39 Å². The largest absolute Gasteiger partial charge is 0.480 e. The maximum atomic E-state index is 13.3. The topological polar surface area (TPSA) is 104 Å². The molecule has 106 valence electrons. The van der Waals surface area contributed by atoms with Crippen LogP contribution < -0.4 is 4.72 Å². The number of nitrogens with one attached hydrogen (secondary N) is 1. The molecule has 0 heterocycles. The van der Waals surface area contributed by atoms with Crippen LogP contribution >= 0.6 is 0 Å². The Morgan fingerprint density at radius 1 is 1.47 bits per heavy atom. The van der Waals surface area contributed by atoms with Gasteiger partial charge in [-0.2, -0.15) is 4.72 Å². The highest BCUT2D eigenvalue weighted by Gasteiger charge is 2.25. The lowest BCUT2D eigenvalue weighted by atomic mass is 10.2. The number of halogens is 1. The monoisotopic (exact) mass is 291 g/mol. The van der Waals surface area contributed by atoms with Gasteiger partial charge in [-0.25, -0.2) is 12.8 Å². The SMILES string of the molecule is Cc1ccc(S(=O)(=O)NC(CCO)C(=O)O)cc1F. The minimum absolute atomic E-state index is 0.275. The van der Waals surface area contributed by atoms with Gasteiger partial charge in [0.25, 0.3) is 0 Å². The third kappa shape index (κ3) is 3.98. The minimum Gasteiger partial charge on any atom is -0.480 e. The summed E-state index contributed by atoms with van der Waals surface area (Å²) in [5, 5.41) is 17.5. The Morgan fingerprint density at radius 2 is 2.11 bits per heavy atom. The second-order valence-electron chi connectivity index (χ2n) is 3.94. The molecule has 0 spiro atoms. The molecular weight excluding hydrogens is 277 g/mol. The molecule has 1 rings (SSSR count). The Bertz CT molecular complexity index is 572. The summed E-state index contributed by atoms with van der Waals surface area (Å²) in [5.41, 5.74) is 0.282. The van der Waals surface area contributed by atoms with E-state index in [9.17, 15) is 17.6 Å². The molecule has 8 heteroatoms. The summed E-state index contributed by atoms with van der Waals surface area (Å²) in [6.45, 7) is 0.993. The van der Waals surface area contributed by atoms with Crippen molar-refractivity contribution >= 4 is 16.0 Å². The zero-order chi connectivity index (χ0) is 14.6. The number of aryl methyl sites for hydroxylation is 1. The molecule has 0 radical (unpaired) electrons. The zero-order valence-corrected chi connectivity index (χ0v) is 10.9. The molecule has 1 aromatic carbocycles. The fraction of sp³-hybridized carbons (Fsp3) is 0.364. The molecule has 0 saturated carbocycles. The number of aliphatic hydroxyl groups excluding tert-OH is 1. The molecule has 3 N–H and O–H groups in total. The molecule has 19 heavy (non-hydrogen) atoms. The highest BCUT2D eigenvalue weighted by atomic mass is 32.2. The Labute approximate surface area is 109 Å². The fourth-order valence-electron chi connectivity index (χ4n) is 1.36. The van der Waals surface area contributed by atoms with Crippen molar-refractivity contribution in [2.45, 2.75) is 24.3 Å². The van der Waals surface area contributed by atoms with E-state index in [-0.39, 0.29) is 16.9 Å². The summed E-state index contributed by atoms with van der Waals surface area (Å²) in [6, 6.07) is 1.82. The lowest BCUT2D eigenvalue weighted by Crippen LogP contribution is -2.41. The van der Waals surface area contributed by atoms with Crippen LogP contribution in [0.3, 0.4) is 0 Å². The van der Waals surface area contributed by atoms with E-state index >= 15 is 0 Å². The third-order valence-electron chi connectivity index (χ3n) is 2.47. The number of carboxylic acids is 1. The van der Waals surface area contributed by atoms with E-state index in [1.54, 1.807) is 0 Å². The Morgan fingerprint density at radius 3 is 2.58 bits per heavy atom. The second kappa shape index (κ2) is 6.09. The summed E-state index contributed by atoms with van der Waals surface area (Å²) in [6.07, 6.45) is -0.275. The molecular formula is C11H14FNO5S. The Hall–Kier alpha value is -1.51. The minimum atomic E-state index is -4.15. The van der Waals surface area contributed by atoms with Gasteiger partial charge < -0.3 is 10.2 Å². The van der Waals surface area contributed by atoms with Gasteiger partial charge in [-0.1, -0.05) is 6.07 Å². The van der Waals surface area contributed by atoms with E-state index in [1.807, 2.05) is 4.72 Å². The second-order valence-corrected chi connectivity index (χ2v) is 5.65. The van der Waals surface area contributed by atoms with E-state index in [0.29, 0.717) is 0 Å². The average molecular weight is 291 g/mol. The van der Waals surface area contributed by atoms with Gasteiger partial charge in [-0.05, 0) is 31.0 Å². The molecule has 0 aromatic heterocycles. The number of benzene rings is 1. The summed E-state index contributed by atoms with van der Waals surface area (Å²) < 4.78 is 38.9. The first-order chi connectivity index (χ1) is 8.77. The van der Waals surface area contributed by atoms with Crippen LogP contribution in [0.25, 0.3) is 0 Å². The van der Waals surface area contributed by atoms with Gasteiger partial charge in [0.2, 0.25) is 10.0 Å². The summed E-state index contributed by atoms with van der Waals surface area (Å²) in [7, 11) is -4.15. The molecule has 0 aliphatic rings. The highest BCUT2D eigenvalue weighted by Crippen LogP contribution is 2.14. The fourth-order valence-corrected chi connectivity index (χ4v) is 2.59. The lowest BCUT2D eigenvalue weighted by Gasteiger charge is -2.13. The van der Waals surface area contributed by atoms with Crippen LogP contribution in [0, 0.1) is 12.7 Å². The number of carboxylic acid groups (broad SMARTS) is 1. The maximum absolute atomic E-state index is 13.3. The standard InChI is InChI=1S/C11H14FNO5S/c1-7-2-3-8(6-9(7)12)19(17,18)13-10(4-5-14)11(15)16/h2-3,6,10,13-14H,4-5H2,1H3,(H,15,16). The number of aliphatic hydroxyl groups is 1. The van der Waals surface area contributed by atoms with Gasteiger partial charge in [-0.3, -0.25) is 4.79 Å². The van der Waals surface area contributed by atoms with Crippen molar-refractivity contribution in [3.63, 3.8) is 0 Å². The summed E-state index contributed by atoms with van der Waals surface area (Å²) >= 11 is 0. The molecule has 6 nitrogen and oxygen atoms in total. The third-order valence-corrected chi connectivity index (χ3v) is 3.94. The zero-order valence-electron chi connectivity index (χ0n) is 10.1. The van der Waals surface area contributed by atoms with E-state index in [4.69, 9.17) is 10.2 Å². The first kappa shape index (κ1) is 15.5. The first-order valence-electron chi connectivity index (χ1n) is 5.40. The van der Waals surface area contributed by atoms with Gasteiger partial charge in [0.1, 0.15) is 11.9 Å². The Kier molecular flexibility index (Phi) is 4.98. The van der Waals surface area contributed by atoms with Gasteiger partial charge in [0, 0.05) is 6.61 Å². The van der Waals surface area contributed by atoms with Crippen molar-refractivity contribution in [2.75, 3.05) is 6.61 Å². The number of aliphatic carboxylic acids is 1. The summed E-state index contributed by atoms with van der Waals surface area (Å²) in [5.74, 6) is -2.11. The molecule has 0 bridgehead atoms. The van der Waals surface area contributed by atoms with Crippen LogP contribution in [0.2, 0.25) is 0 Å². The predicted molar refractivity (Wildman–Crippen MR) is 64.6 cm³/mol. The highest BCUT2D eigenvalue weighted by molar-refractivity contribution is 7.89. The van der Waals surface area contributed by atoms with Crippen LogP contribution in [-0.4, -0.2) is 37.2 Å². The molecule has 0 saturated heterocycles. The first-order valence-corrected chi connectivity index (χ1v) is 6.88. The molecule has 0 aliphatic carbocycles. The average Bonchev–Trinajstić information content (AvgIpc) is 2.31. The predicted octanol–water partition coefficient (Wildman–Crippen LogP) is 0.248. The molecule has 0 amide bonds. The molecule has 0 aliphatic heterocycles. The number of rotatable bonds is 6. The van der Waals surface area contributed by atoms with Gasteiger partial charge in [0.05, 0.1) is 4.90 Å². The molecule has 1 unspecified atom stereocenters. The molecule has 1 aromatic rings. The summed E-state index contributed by atoms with van der Waals surface area (Å²) in [4.78, 5) is 10.4. The molecule has 1 atom stereocenters. The van der Waals surface area contributed by atoms with Crippen molar-refractivity contribution in [3.05, 3.63) is 29.6 Å². The smallest absolute Gasteiger partial charge is 0.321 e. The van der Waals surface area contributed by atoms with Crippen molar-refractivity contribution in [1.82, 2.24) is 4.72 Å². The number of hydrogen-bond donors (Lipinski definition) is 3. The number of hydrogen-bond acceptors (Lipinski definition) is 4. The van der Waals surface area contributed by atoms with E-state index < -0.39 is 34.5 Å². The van der Waals surface area contributed by atoms with E-state index in [1.165, 1.54) is 19.1 Å². The van der Waals surface area contributed by atoms with Crippen LogP contribution in [0.1, 0.15) is 12.0 Å². The van der Waals surface area contributed by atoms with Crippen LogP contribution in [0.5, 0.6) is 0 Å². The maximum Gasteiger partial charge on any atom is 0.321 e. The Balaban J connectivity index is 3.03. The van der Waals surface area contributed by atoms with E-state index in [0.717, 1.165) is 6.07 Å². The van der Waals surface area contributed by atoms with Crippen molar-refractivity contribution in [2.24, 2.45) is 0 Å². The van der Waals surface area contributed by atoms with E-state index in [2.05, 4.69) is 0 Å². The number of sulfonamides is 1. The van der Waals surface area contributed by atoms with Gasteiger partial charge >= 0.3 is 5.97 Å². The quantitative estimate of drug-likeness (QED) is 0.697. The van der Waals surface area contributed by atoms with Crippen LogP contribution in [0.15, 0.2) is 23.1 Å². The molecule has 0 fully saturated rings. The van der Waals surface area contributed by atoms with Crippen molar-refractivity contribution in [3.8, 4) is 0 Å². The van der Waals surface area contributed by atoms with Crippen molar-refractivity contribution < 1.29 is 27.8 Å². The van der Waals surface area contributed by atoms with Crippen molar-refractivity contribution in [1.29, 1.82) is 0 Å². The van der Waals surface area contributed by atoms with Crippen LogP contribution in [-0.2, 0) is 14.8 Å². The van der Waals surface area contributed by atoms with Gasteiger partial charge in [0.15, 0.2) is 0 Å². The lowest BCUT2D eigenvalue weighted by molar-refractivity contribution is -0.139. The van der Waals surface area contributed by atoms with Gasteiger partial charge in [-0.15, -0.1) is 0 Å².